The maximum atomic E-state index is 5.59. The first-order chi connectivity index (χ1) is 7.79. The summed E-state index contributed by atoms with van der Waals surface area (Å²) in [6.07, 6.45) is 7.49. The average molecular weight is 222 g/mol. The molecule has 0 aliphatic heterocycles. The minimum absolute atomic E-state index is 0.615. The molecular formula is C12H22N4. The zero-order valence-corrected chi connectivity index (χ0v) is 10.1. The number of nitrogens with zero attached hydrogens (tertiary/aromatic N) is 3. The van der Waals surface area contributed by atoms with Gasteiger partial charge in [0.05, 0.1) is 6.54 Å². The molecule has 0 saturated heterocycles. The van der Waals surface area contributed by atoms with Crippen LogP contribution in [-0.2, 0) is 6.54 Å². The van der Waals surface area contributed by atoms with Gasteiger partial charge in [-0.2, -0.15) is 5.10 Å². The Balaban J connectivity index is 1.82. The number of hydrogen-bond donors (Lipinski definition) is 1. The Labute approximate surface area is 97.4 Å². The Morgan fingerprint density at radius 3 is 2.81 bits per heavy atom. The van der Waals surface area contributed by atoms with Crippen molar-refractivity contribution in [2.75, 3.05) is 18.8 Å². The number of hydrogen-bond acceptors (Lipinski definition) is 3. The van der Waals surface area contributed by atoms with Gasteiger partial charge >= 0.3 is 0 Å². The summed E-state index contributed by atoms with van der Waals surface area (Å²) >= 11 is 0. The average Bonchev–Trinajstić information content (AvgIpc) is 2.91. The molecule has 1 aliphatic carbocycles. The smallest absolute Gasteiger partial charge is 0.145 e. The second-order valence-corrected chi connectivity index (χ2v) is 4.57. The van der Waals surface area contributed by atoms with Crippen LogP contribution in [-0.4, -0.2) is 33.8 Å². The third kappa shape index (κ3) is 2.76. The van der Waals surface area contributed by atoms with Crippen molar-refractivity contribution in [2.24, 2.45) is 0 Å². The molecule has 0 radical (unpaired) electrons. The van der Waals surface area contributed by atoms with E-state index in [0.717, 1.165) is 25.7 Å². The maximum absolute atomic E-state index is 5.59. The first-order valence-corrected chi connectivity index (χ1v) is 6.32. The maximum Gasteiger partial charge on any atom is 0.145 e. The number of nitrogen functional groups attached to an aromatic ring is 1. The third-order valence-corrected chi connectivity index (χ3v) is 3.52. The number of nitrogens with two attached hydrogens (primary N) is 1. The van der Waals surface area contributed by atoms with Gasteiger partial charge in [-0.25, -0.2) is 0 Å². The highest BCUT2D eigenvalue weighted by Crippen LogP contribution is 2.23. The Hall–Kier alpha value is -1.03. The van der Waals surface area contributed by atoms with Crippen molar-refractivity contribution in [1.82, 2.24) is 14.7 Å². The highest BCUT2D eigenvalue weighted by atomic mass is 15.3. The van der Waals surface area contributed by atoms with Gasteiger partial charge in [0.1, 0.15) is 5.82 Å². The molecule has 2 N–H and O–H groups in total. The minimum atomic E-state index is 0.615. The van der Waals surface area contributed by atoms with E-state index in [0.29, 0.717) is 5.82 Å². The van der Waals surface area contributed by atoms with E-state index in [1.807, 2.05) is 16.9 Å². The fourth-order valence-corrected chi connectivity index (χ4v) is 2.60. The summed E-state index contributed by atoms with van der Waals surface area (Å²) in [7, 11) is 0. The molecule has 1 aromatic rings. The van der Waals surface area contributed by atoms with Crippen LogP contribution in [0.4, 0.5) is 5.82 Å². The summed E-state index contributed by atoms with van der Waals surface area (Å²) in [5, 5.41) is 4.21. The van der Waals surface area contributed by atoms with Crippen molar-refractivity contribution in [3.8, 4) is 0 Å². The molecule has 4 nitrogen and oxygen atoms in total. The molecule has 0 spiro atoms. The van der Waals surface area contributed by atoms with E-state index in [2.05, 4.69) is 16.9 Å². The Morgan fingerprint density at radius 1 is 1.50 bits per heavy atom. The van der Waals surface area contributed by atoms with E-state index in [1.54, 1.807) is 0 Å². The molecule has 1 aromatic heterocycles. The zero-order chi connectivity index (χ0) is 11.4. The Bertz CT molecular complexity index is 315. The van der Waals surface area contributed by atoms with E-state index in [1.165, 1.54) is 25.7 Å². The van der Waals surface area contributed by atoms with Crippen molar-refractivity contribution in [3.05, 3.63) is 12.3 Å². The lowest BCUT2D eigenvalue weighted by Gasteiger charge is -2.27. The van der Waals surface area contributed by atoms with Gasteiger partial charge in [0.2, 0.25) is 0 Å². The van der Waals surface area contributed by atoms with Crippen LogP contribution < -0.4 is 5.73 Å². The summed E-state index contributed by atoms with van der Waals surface area (Å²) in [5.41, 5.74) is 5.59. The number of aromatic nitrogens is 2. The summed E-state index contributed by atoms with van der Waals surface area (Å²) in [6.45, 7) is 5.42. The quantitative estimate of drug-likeness (QED) is 0.825. The molecule has 0 unspecified atom stereocenters. The van der Waals surface area contributed by atoms with Gasteiger partial charge in [0.25, 0.3) is 0 Å². The lowest BCUT2D eigenvalue weighted by molar-refractivity contribution is 0.198. The van der Waals surface area contributed by atoms with Crippen molar-refractivity contribution < 1.29 is 0 Å². The van der Waals surface area contributed by atoms with Gasteiger partial charge in [-0.15, -0.1) is 0 Å². The Morgan fingerprint density at radius 2 is 2.25 bits per heavy atom. The van der Waals surface area contributed by atoms with Crippen molar-refractivity contribution in [1.29, 1.82) is 0 Å². The Kier molecular flexibility index (Phi) is 3.83. The molecule has 1 aliphatic rings. The van der Waals surface area contributed by atoms with Crippen LogP contribution in [0.15, 0.2) is 12.3 Å². The molecule has 90 valence electrons. The highest BCUT2D eigenvalue weighted by Gasteiger charge is 2.20. The van der Waals surface area contributed by atoms with Crippen LogP contribution in [0.3, 0.4) is 0 Å². The zero-order valence-electron chi connectivity index (χ0n) is 10.1. The summed E-state index contributed by atoms with van der Waals surface area (Å²) < 4.78 is 1.94. The van der Waals surface area contributed by atoms with E-state index in [9.17, 15) is 0 Å². The van der Waals surface area contributed by atoms with Gasteiger partial charge < -0.3 is 5.73 Å². The molecule has 1 fully saturated rings. The van der Waals surface area contributed by atoms with Gasteiger partial charge in [0, 0.05) is 18.8 Å². The second kappa shape index (κ2) is 5.34. The first kappa shape index (κ1) is 11.5. The third-order valence-electron chi connectivity index (χ3n) is 3.52. The van der Waals surface area contributed by atoms with E-state index < -0.39 is 0 Å². The molecule has 2 rings (SSSR count). The van der Waals surface area contributed by atoms with Crippen molar-refractivity contribution in [2.45, 2.75) is 45.2 Å². The minimum Gasteiger partial charge on any atom is -0.382 e. The lowest BCUT2D eigenvalue weighted by atomic mass is 10.2. The second-order valence-electron chi connectivity index (χ2n) is 4.57. The highest BCUT2D eigenvalue weighted by molar-refractivity contribution is 5.23. The molecule has 0 atom stereocenters. The predicted molar refractivity (Wildman–Crippen MR) is 66.1 cm³/mol. The van der Waals surface area contributed by atoms with Gasteiger partial charge in [-0.05, 0) is 25.5 Å². The fourth-order valence-electron chi connectivity index (χ4n) is 2.60. The largest absolute Gasteiger partial charge is 0.382 e. The van der Waals surface area contributed by atoms with Crippen LogP contribution >= 0.6 is 0 Å². The van der Waals surface area contributed by atoms with E-state index in [-0.39, 0.29) is 0 Å². The van der Waals surface area contributed by atoms with Crippen LogP contribution in [0.2, 0.25) is 0 Å². The van der Waals surface area contributed by atoms with Crippen LogP contribution in [0.5, 0.6) is 0 Å². The first-order valence-electron chi connectivity index (χ1n) is 6.32. The van der Waals surface area contributed by atoms with Gasteiger partial charge in [-0.3, -0.25) is 9.58 Å². The van der Waals surface area contributed by atoms with Crippen molar-refractivity contribution >= 4 is 5.82 Å². The molecule has 4 heteroatoms. The molecule has 16 heavy (non-hydrogen) atoms. The van der Waals surface area contributed by atoms with E-state index in [4.69, 9.17) is 5.73 Å². The molecular weight excluding hydrogens is 200 g/mol. The SMILES string of the molecule is CCN(CCn1ccc(N)n1)C1CCCC1. The summed E-state index contributed by atoms with van der Waals surface area (Å²) in [5.74, 6) is 0.615. The normalized spacial score (nSPS) is 17.4. The lowest BCUT2D eigenvalue weighted by Crippen LogP contribution is -2.35. The number of likely N-dealkylation sites (N-methyl/N-ethyl adjacent to an activating group) is 1. The van der Waals surface area contributed by atoms with Gasteiger partial charge in [-0.1, -0.05) is 19.8 Å². The summed E-state index contributed by atoms with van der Waals surface area (Å²) in [4.78, 5) is 2.57. The van der Waals surface area contributed by atoms with E-state index >= 15 is 0 Å². The fraction of sp³-hybridized carbons (Fsp3) is 0.750. The van der Waals surface area contributed by atoms with Crippen molar-refractivity contribution in [3.63, 3.8) is 0 Å². The van der Waals surface area contributed by atoms with Gasteiger partial charge in [0.15, 0.2) is 0 Å². The standard InChI is InChI=1S/C12H22N4/c1-2-15(11-5-3-4-6-11)9-10-16-8-7-12(13)14-16/h7-8,11H,2-6,9-10H2,1H3,(H2,13,14). The topological polar surface area (TPSA) is 47.1 Å². The molecule has 1 heterocycles. The van der Waals surface area contributed by atoms with Crippen LogP contribution in [0.1, 0.15) is 32.6 Å². The molecule has 1 saturated carbocycles. The molecule has 0 amide bonds. The predicted octanol–water partition coefficient (Wildman–Crippen LogP) is 1.73. The van der Waals surface area contributed by atoms with Crippen LogP contribution in [0.25, 0.3) is 0 Å². The monoisotopic (exact) mass is 222 g/mol. The number of anilines is 1. The van der Waals surface area contributed by atoms with Crippen LogP contribution in [0, 0.1) is 0 Å². The molecule has 0 aromatic carbocycles. The number of rotatable bonds is 5. The summed E-state index contributed by atoms with van der Waals surface area (Å²) in [6, 6.07) is 2.66. The molecule has 0 bridgehead atoms.